The molecule has 0 heterocycles. The Balaban J connectivity index is 2.45. The molecule has 1 fully saturated rings. The number of amidine groups is 1. The smallest absolute Gasteiger partial charge is 0.153 e. The summed E-state index contributed by atoms with van der Waals surface area (Å²) >= 11 is 0. The van der Waals surface area contributed by atoms with E-state index in [1.807, 2.05) is 7.05 Å². The van der Waals surface area contributed by atoms with Crippen LogP contribution in [-0.4, -0.2) is 35.6 Å². The Morgan fingerprint density at radius 1 is 1.50 bits per heavy atom. The molecule has 0 saturated heterocycles. The van der Waals surface area contributed by atoms with Crippen LogP contribution in [0.4, 0.5) is 0 Å². The Morgan fingerprint density at radius 3 is 2.71 bits per heavy atom. The molecular weight excluding hydrogens is 178 g/mol. The predicted octanol–water partition coefficient (Wildman–Crippen LogP) is 1.24. The van der Waals surface area contributed by atoms with Gasteiger partial charge < -0.3 is 10.9 Å². The minimum absolute atomic E-state index is 0.297. The van der Waals surface area contributed by atoms with Gasteiger partial charge in [-0.15, -0.1) is 0 Å². The van der Waals surface area contributed by atoms with Crippen LogP contribution >= 0.6 is 0 Å². The normalized spacial score (nSPS) is 29.5. The molecule has 4 nitrogen and oxygen atoms in total. The number of nitrogens with two attached hydrogens (primary N) is 1. The van der Waals surface area contributed by atoms with Crippen LogP contribution in [0.15, 0.2) is 5.16 Å². The molecule has 0 aromatic rings. The van der Waals surface area contributed by atoms with Crippen molar-refractivity contribution in [3.8, 4) is 0 Å². The van der Waals surface area contributed by atoms with E-state index in [9.17, 15) is 0 Å². The number of oxime groups is 1. The summed E-state index contributed by atoms with van der Waals surface area (Å²) in [6.07, 6.45) is 5.17. The SMILES string of the molecule is CC1CCCCC1N(C)C/C(N)=N/O. The van der Waals surface area contributed by atoms with E-state index in [4.69, 9.17) is 10.9 Å². The number of nitrogens with zero attached hydrogens (tertiary/aromatic N) is 2. The number of rotatable bonds is 3. The molecule has 2 unspecified atom stereocenters. The van der Waals surface area contributed by atoms with Gasteiger partial charge >= 0.3 is 0 Å². The van der Waals surface area contributed by atoms with Crippen molar-refractivity contribution in [3.05, 3.63) is 0 Å². The van der Waals surface area contributed by atoms with Gasteiger partial charge in [0.15, 0.2) is 5.84 Å². The first-order chi connectivity index (χ1) is 6.65. The molecule has 0 aromatic carbocycles. The molecular formula is C10H21N3O. The van der Waals surface area contributed by atoms with Crippen molar-refractivity contribution in [2.24, 2.45) is 16.8 Å². The van der Waals surface area contributed by atoms with Gasteiger partial charge in [-0.2, -0.15) is 0 Å². The fourth-order valence-electron chi connectivity index (χ4n) is 2.36. The molecule has 1 saturated carbocycles. The minimum atomic E-state index is 0.297. The van der Waals surface area contributed by atoms with Crippen molar-refractivity contribution in [3.63, 3.8) is 0 Å². The Hall–Kier alpha value is -0.770. The molecule has 2 atom stereocenters. The van der Waals surface area contributed by atoms with Crippen molar-refractivity contribution in [1.82, 2.24) is 4.90 Å². The molecule has 82 valence electrons. The van der Waals surface area contributed by atoms with Crippen molar-refractivity contribution >= 4 is 5.84 Å². The lowest BCUT2D eigenvalue weighted by Gasteiger charge is -2.35. The monoisotopic (exact) mass is 199 g/mol. The van der Waals surface area contributed by atoms with E-state index in [2.05, 4.69) is 17.0 Å². The van der Waals surface area contributed by atoms with Gasteiger partial charge in [-0.1, -0.05) is 24.9 Å². The standard InChI is InChI=1S/C10H21N3O/c1-8-5-3-4-6-9(8)13(2)7-10(11)12-14/h8-9,14H,3-7H2,1-2H3,(H2,11,12). The molecule has 0 bridgehead atoms. The van der Waals surface area contributed by atoms with Crippen LogP contribution in [0.3, 0.4) is 0 Å². The third kappa shape index (κ3) is 2.87. The Morgan fingerprint density at radius 2 is 2.14 bits per heavy atom. The zero-order valence-corrected chi connectivity index (χ0v) is 9.11. The summed E-state index contributed by atoms with van der Waals surface area (Å²) in [6.45, 7) is 2.85. The summed E-state index contributed by atoms with van der Waals surface area (Å²) in [6, 6.07) is 0.587. The van der Waals surface area contributed by atoms with Gasteiger partial charge in [-0.05, 0) is 25.8 Å². The lowest BCUT2D eigenvalue weighted by atomic mass is 9.85. The zero-order valence-electron chi connectivity index (χ0n) is 9.11. The number of hydrogen-bond acceptors (Lipinski definition) is 3. The van der Waals surface area contributed by atoms with Gasteiger partial charge in [0.25, 0.3) is 0 Å². The van der Waals surface area contributed by atoms with Crippen LogP contribution in [-0.2, 0) is 0 Å². The molecule has 0 spiro atoms. The maximum Gasteiger partial charge on any atom is 0.153 e. The van der Waals surface area contributed by atoms with Crippen LogP contribution in [0.1, 0.15) is 32.6 Å². The molecule has 3 N–H and O–H groups in total. The predicted molar refractivity (Wildman–Crippen MR) is 57.5 cm³/mol. The highest BCUT2D eigenvalue weighted by atomic mass is 16.4. The fourth-order valence-corrected chi connectivity index (χ4v) is 2.36. The van der Waals surface area contributed by atoms with Crippen molar-refractivity contribution < 1.29 is 5.21 Å². The molecule has 0 amide bonds. The first-order valence-corrected chi connectivity index (χ1v) is 5.31. The Labute approximate surface area is 85.8 Å². The summed E-state index contributed by atoms with van der Waals surface area (Å²) in [5.74, 6) is 1.02. The Bertz CT molecular complexity index is 206. The average Bonchev–Trinajstić information content (AvgIpc) is 2.18. The Kier molecular flexibility index (Phi) is 4.20. The number of likely N-dealkylation sites (N-methyl/N-ethyl adjacent to an activating group) is 1. The van der Waals surface area contributed by atoms with Crippen LogP contribution in [0, 0.1) is 5.92 Å². The fraction of sp³-hybridized carbons (Fsp3) is 0.900. The summed E-state index contributed by atoms with van der Waals surface area (Å²) in [5.41, 5.74) is 5.48. The van der Waals surface area contributed by atoms with E-state index < -0.39 is 0 Å². The minimum Gasteiger partial charge on any atom is -0.409 e. The van der Waals surface area contributed by atoms with E-state index in [1.165, 1.54) is 25.7 Å². The second-order valence-electron chi connectivity index (χ2n) is 4.34. The summed E-state index contributed by atoms with van der Waals surface area (Å²) in [4.78, 5) is 2.19. The first kappa shape index (κ1) is 11.3. The molecule has 0 aliphatic heterocycles. The zero-order chi connectivity index (χ0) is 10.6. The third-order valence-electron chi connectivity index (χ3n) is 3.17. The summed E-state index contributed by atoms with van der Waals surface area (Å²) in [7, 11) is 2.05. The molecule has 14 heavy (non-hydrogen) atoms. The maximum absolute atomic E-state index is 8.48. The second-order valence-corrected chi connectivity index (χ2v) is 4.34. The highest BCUT2D eigenvalue weighted by Gasteiger charge is 2.25. The van der Waals surface area contributed by atoms with Gasteiger partial charge in [0.1, 0.15) is 0 Å². The second kappa shape index (κ2) is 5.20. The quantitative estimate of drug-likeness (QED) is 0.311. The van der Waals surface area contributed by atoms with Crippen molar-refractivity contribution in [2.75, 3.05) is 13.6 Å². The van der Waals surface area contributed by atoms with Crippen molar-refractivity contribution in [2.45, 2.75) is 38.6 Å². The summed E-state index contributed by atoms with van der Waals surface area (Å²) < 4.78 is 0. The van der Waals surface area contributed by atoms with E-state index in [0.29, 0.717) is 18.4 Å². The molecule has 1 rings (SSSR count). The highest BCUT2D eigenvalue weighted by molar-refractivity contribution is 5.81. The highest BCUT2D eigenvalue weighted by Crippen LogP contribution is 2.26. The van der Waals surface area contributed by atoms with E-state index in [0.717, 1.165) is 5.92 Å². The largest absolute Gasteiger partial charge is 0.409 e. The van der Waals surface area contributed by atoms with Crippen LogP contribution in [0.25, 0.3) is 0 Å². The molecule has 4 heteroatoms. The van der Waals surface area contributed by atoms with Gasteiger partial charge in [-0.3, -0.25) is 4.90 Å². The third-order valence-corrected chi connectivity index (χ3v) is 3.17. The van der Waals surface area contributed by atoms with Crippen LogP contribution in [0.2, 0.25) is 0 Å². The van der Waals surface area contributed by atoms with E-state index >= 15 is 0 Å². The summed E-state index contributed by atoms with van der Waals surface area (Å²) in [5, 5.41) is 11.5. The topological polar surface area (TPSA) is 61.8 Å². The van der Waals surface area contributed by atoms with Gasteiger partial charge in [0.05, 0.1) is 6.54 Å². The number of hydrogen-bond donors (Lipinski definition) is 2. The van der Waals surface area contributed by atoms with Crippen LogP contribution < -0.4 is 5.73 Å². The average molecular weight is 199 g/mol. The van der Waals surface area contributed by atoms with Gasteiger partial charge in [0.2, 0.25) is 0 Å². The van der Waals surface area contributed by atoms with E-state index in [1.54, 1.807) is 0 Å². The van der Waals surface area contributed by atoms with Crippen LogP contribution in [0.5, 0.6) is 0 Å². The lowest BCUT2D eigenvalue weighted by Crippen LogP contribution is -2.43. The molecule has 1 aliphatic rings. The molecule has 1 aliphatic carbocycles. The lowest BCUT2D eigenvalue weighted by molar-refractivity contribution is 0.155. The molecule has 0 aromatic heterocycles. The van der Waals surface area contributed by atoms with Crippen molar-refractivity contribution in [1.29, 1.82) is 0 Å². The maximum atomic E-state index is 8.48. The van der Waals surface area contributed by atoms with E-state index in [-0.39, 0.29) is 0 Å². The van der Waals surface area contributed by atoms with Gasteiger partial charge in [0, 0.05) is 6.04 Å². The van der Waals surface area contributed by atoms with Gasteiger partial charge in [-0.25, -0.2) is 0 Å². The molecule has 0 radical (unpaired) electrons. The first-order valence-electron chi connectivity index (χ1n) is 5.31.